The summed E-state index contributed by atoms with van der Waals surface area (Å²) in [6.45, 7) is 6.90. The molecular formula is C15H30N2O. The predicted octanol–water partition coefficient (Wildman–Crippen LogP) is 2.79. The van der Waals surface area contributed by atoms with Crippen molar-refractivity contribution in [2.24, 2.45) is 17.6 Å². The number of amides is 1. The third-order valence-corrected chi connectivity index (χ3v) is 4.15. The molecule has 0 aromatic carbocycles. The summed E-state index contributed by atoms with van der Waals surface area (Å²) in [5.41, 5.74) is 5.79. The van der Waals surface area contributed by atoms with Crippen molar-refractivity contribution >= 4 is 5.91 Å². The molecule has 1 aliphatic rings. The maximum Gasteiger partial charge on any atom is 0.226 e. The van der Waals surface area contributed by atoms with Crippen molar-refractivity contribution in [2.75, 3.05) is 19.6 Å². The quantitative estimate of drug-likeness (QED) is 0.724. The Labute approximate surface area is 112 Å². The summed E-state index contributed by atoms with van der Waals surface area (Å²) in [5.74, 6) is 1.02. The Morgan fingerprint density at radius 1 is 1.17 bits per heavy atom. The molecule has 0 radical (unpaired) electrons. The molecule has 2 unspecified atom stereocenters. The summed E-state index contributed by atoms with van der Waals surface area (Å²) in [7, 11) is 0. The lowest BCUT2D eigenvalue weighted by Gasteiger charge is -2.28. The summed E-state index contributed by atoms with van der Waals surface area (Å²) in [5, 5.41) is 0. The van der Waals surface area contributed by atoms with Crippen LogP contribution in [0.5, 0.6) is 0 Å². The molecular weight excluding hydrogens is 224 g/mol. The van der Waals surface area contributed by atoms with E-state index in [2.05, 4.69) is 18.7 Å². The fourth-order valence-electron chi connectivity index (χ4n) is 2.91. The van der Waals surface area contributed by atoms with Crippen molar-refractivity contribution < 1.29 is 4.79 Å². The van der Waals surface area contributed by atoms with Crippen LogP contribution < -0.4 is 5.73 Å². The molecule has 1 fully saturated rings. The smallest absolute Gasteiger partial charge is 0.226 e. The zero-order valence-corrected chi connectivity index (χ0v) is 12.2. The number of hydrogen-bond donors (Lipinski definition) is 1. The molecule has 3 heteroatoms. The minimum Gasteiger partial charge on any atom is -0.342 e. The van der Waals surface area contributed by atoms with E-state index in [4.69, 9.17) is 5.73 Å². The van der Waals surface area contributed by atoms with Gasteiger partial charge < -0.3 is 10.6 Å². The lowest BCUT2D eigenvalue weighted by atomic mass is 9.94. The molecule has 3 nitrogen and oxygen atoms in total. The summed E-state index contributed by atoms with van der Waals surface area (Å²) in [6, 6.07) is 0. The molecule has 106 valence electrons. The van der Waals surface area contributed by atoms with Gasteiger partial charge in [0.05, 0.1) is 0 Å². The van der Waals surface area contributed by atoms with E-state index in [1.54, 1.807) is 0 Å². The highest BCUT2D eigenvalue weighted by Crippen LogP contribution is 2.32. The molecule has 0 bridgehead atoms. The molecule has 18 heavy (non-hydrogen) atoms. The minimum absolute atomic E-state index is 0.212. The summed E-state index contributed by atoms with van der Waals surface area (Å²) >= 11 is 0. The molecule has 0 aromatic heterocycles. The molecule has 0 spiro atoms. The van der Waals surface area contributed by atoms with Gasteiger partial charge in [0.25, 0.3) is 0 Å². The van der Waals surface area contributed by atoms with E-state index < -0.39 is 0 Å². The molecule has 2 atom stereocenters. The normalized spacial score (nSPS) is 23.3. The topological polar surface area (TPSA) is 46.3 Å². The van der Waals surface area contributed by atoms with Crippen LogP contribution >= 0.6 is 0 Å². The number of nitrogens with zero attached hydrogens (tertiary/aromatic N) is 1. The van der Waals surface area contributed by atoms with Gasteiger partial charge in [0.2, 0.25) is 5.91 Å². The van der Waals surface area contributed by atoms with E-state index in [-0.39, 0.29) is 5.92 Å². The van der Waals surface area contributed by atoms with E-state index >= 15 is 0 Å². The number of hydrogen-bond acceptors (Lipinski definition) is 2. The third kappa shape index (κ3) is 4.27. The fourth-order valence-corrected chi connectivity index (χ4v) is 2.91. The number of rotatable bonds is 8. The van der Waals surface area contributed by atoms with Gasteiger partial charge in [0.15, 0.2) is 0 Å². The standard InChI is InChI=1S/C15H30N2O/c1-3-5-10-17(11-6-4-2)15(18)14-9-7-8-13(14)12-16/h13-14H,3-12,16H2,1-2H3. The van der Waals surface area contributed by atoms with Crippen LogP contribution in [-0.2, 0) is 4.79 Å². The van der Waals surface area contributed by atoms with E-state index in [1.165, 1.54) is 6.42 Å². The van der Waals surface area contributed by atoms with E-state index in [1.807, 2.05) is 0 Å². The number of nitrogens with two attached hydrogens (primary N) is 1. The minimum atomic E-state index is 0.212. The van der Waals surface area contributed by atoms with Crippen molar-refractivity contribution in [3.8, 4) is 0 Å². The van der Waals surface area contributed by atoms with Gasteiger partial charge in [-0.1, -0.05) is 33.1 Å². The van der Waals surface area contributed by atoms with Crippen LogP contribution in [0.25, 0.3) is 0 Å². The Morgan fingerprint density at radius 2 is 1.78 bits per heavy atom. The van der Waals surface area contributed by atoms with Crippen molar-refractivity contribution in [3.05, 3.63) is 0 Å². The highest BCUT2D eigenvalue weighted by atomic mass is 16.2. The molecule has 2 N–H and O–H groups in total. The van der Waals surface area contributed by atoms with Crippen molar-refractivity contribution in [3.63, 3.8) is 0 Å². The molecule has 1 saturated carbocycles. The molecule has 0 saturated heterocycles. The van der Waals surface area contributed by atoms with Crippen molar-refractivity contribution in [2.45, 2.75) is 58.8 Å². The van der Waals surface area contributed by atoms with Gasteiger partial charge in [-0.3, -0.25) is 4.79 Å². The van der Waals surface area contributed by atoms with Crippen LogP contribution in [0.1, 0.15) is 58.8 Å². The molecule has 0 heterocycles. The van der Waals surface area contributed by atoms with Crippen LogP contribution in [0.3, 0.4) is 0 Å². The Hall–Kier alpha value is -0.570. The summed E-state index contributed by atoms with van der Waals surface area (Å²) < 4.78 is 0. The highest BCUT2D eigenvalue weighted by molar-refractivity contribution is 5.79. The first kappa shape index (κ1) is 15.5. The van der Waals surface area contributed by atoms with Crippen molar-refractivity contribution in [1.29, 1.82) is 0 Å². The molecule has 1 rings (SSSR count). The monoisotopic (exact) mass is 254 g/mol. The van der Waals surface area contributed by atoms with Gasteiger partial charge in [-0.2, -0.15) is 0 Å². The van der Waals surface area contributed by atoms with Gasteiger partial charge in [-0.25, -0.2) is 0 Å². The maximum absolute atomic E-state index is 12.6. The lowest BCUT2D eigenvalue weighted by molar-refractivity contribution is -0.136. The van der Waals surface area contributed by atoms with E-state index in [0.717, 1.165) is 51.6 Å². The first-order chi connectivity index (χ1) is 8.74. The zero-order chi connectivity index (χ0) is 13.4. The van der Waals surface area contributed by atoms with Crippen LogP contribution in [0.4, 0.5) is 0 Å². The third-order valence-electron chi connectivity index (χ3n) is 4.15. The predicted molar refractivity (Wildman–Crippen MR) is 76.3 cm³/mol. The molecule has 1 aliphatic carbocycles. The number of carbonyl (C=O) groups excluding carboxylic acids is 1. The first-order valence-electron chi connectivity index (χ1n) is 7.73. The van der Waals surface area contributed by atoms with Crippen LogP contribution in [-0.4, -0.2) is 30.4 Å². The van der Waals surface area contributed by atoms with Gasteiger partial charge in [0.1, 0.15) is 0 Å². The van der Waals surface area contributed by atoms with Gasteiger partial charge in [-0.05, 0) is 38.1 Å². The summed E-state index contributed by atoms with van der Waals surface area (Å²) in [4.78, 5) is 14.7. The van der Waals surface area contributed by atoms with Crippen LogP contribution in [0, 0.1) is 11.8 Å². The lowest BCUT2D eigenvalue weighted by Crippen LogP contribution is -2.40. The Kier molecular flexibility index (Phi) is 7.33. The van der Waals surface area contributed by atoms with Crippen molar-refractivity contribution in [1.82, 2.24) is 4.90 Å². The zero-order valence-electron chi connectivity index (χ0n) is 12.2. The number of unbranched alkanes of at least 4 members (excludes halogenated alkanes) is 2. The molecule has 1 amide bonds. The summed E-state index contributed by atoms with van der Waals surface area (Å²) in [6.07, 6.45) is 7.91. The van der Waals surface area contributed by atoms with Crippen LogP contribution in [0.15, 0.2) is 0 Å². The Balaban J connectivity index is 2.56. The Bertz CT molecular complexity index is 235. The largest absolute Gasteiger partial charge is 0.342 e. The Morgan fingerprint density at radius 3 is 2.28 bits per heavy atom. The van der Waals surface area contributed by atoms with Gasteiger partial charge in [0, 0.05) is 19.0 Å². The second-order valence-electron chi connectivity index (χ2n) is 5.57. The van der Waals surface area contributed by atoms with E-state index in [0.29, 0.717) is 18.4 Å². The maximum atomic E-state index is 12.6. The fraction of sp³-hybridized carbons (Fsp3) is 0.933. The van der Waals surface area contributed by atoms with E-state index in [9.17, 15) is 4.79 Å². The van der Waals surface area contributed by atoms with Gasteiger partial charge >= 0.3 is 0 Å². The average Bonchev–Trinajstić information content (AvgIpc) is 2.86. The second kappa shape index (κ2) is 8.52. The SMILES string of the molecule is CCCCN(CCCC)C(=O)C1CCCC1CN. The van der Waals surface area contributed by atoms with Crippen LogP contribution in [0.2, 0.25) is 0 Å². The first-order valence-corrected chi connectivity index (χ1v) is 7.73. The number of carbonyl (C=O) groups is 1. The highest BCUT2D eigenvalue weighted by Gasteiger charge is 2.34. The molecule has 0 aliphatic heterocycles. The van der Waals surface area contributed by atoms with Gasteiger partial charge in [-0.15, -0.1) is 0 Å². The average molecular weight is 254 g/mol. The second-order valence-corrected chi connectivity index (χ2v) is 5.57. The molecule has 0 aromatic rings.